The van der Waals surface area contributed by atoms with E-state index in [2.05, 4.69) is 56.4 Å². The molecule has 3 atom stereocenters. The zero-order valence-corrected chi connectivity index (χ0v) is 14.1. The lowest BCUT2D eigenvalue weighted by Crippen LogP contribution is -2.33. The summed E-state index contributed by atoms with van der Waals surface area (Å²) in [4.78, 5) is 2.19. The van der Waals surface area contributed by atoms with E-state index in [1.807, 2.05) is 0 Å². The van der Waals surface area contributed by atoms with E-state index < -0.39 is 0 Å². The third kappa shape index (κ3) is 4.37. The summed E-state index contributed by atoms with van der Waals surface area (Å²) in [5.74, 6) is 2.49. The van der Waals surface area contributed by atoms with Crippen molar-refractivity contribution in [3.05, 3.63) is 23.8 Å². The maximum atomic E-state index is 5.53. The normalized spacial score (nSPS) is 25.9. The van der Waals surface area contributed by atoms with E-state index in [4.69, 9.17) is 4.74 Å². The first-order valence-corrected chi connectivity index (χ1v) is 8.07. The standard InChI is InChI=1S/C18H30N2O/c1-13-6-7-14(2)16(10-13)19-17-11-15(12-20(3)4)8-9-18(17)21-5/h8-9,11,13-14,16,19H,6-7,10,12H2,1-5H3. The molecule has 1 aliphatic rings. The van der Waals surface area contributed by atoms with Gasteiger partial charge in [0.15, 0.2) is 0 Å². The van der Waals surface area contributed by atoms with Crippen LogP contribution in [0.25, 0.3) is 0 Å². The van der Waals surface area contributed by atoms with E-state index in [9.17, 15) is 0 Å². The second kappa shape index (κ2) is 7.17. The smallest absolute Gasteiger partial charge is 0.141 e. The molecule has 21 heavy (non-hydrogen) atoms. The molecule has 0 saturated heterocycles. The van der Waals surface area contributed by atoms with Crippen LogP contribution < -0.4 is 10.1 Å². The van der Waals surface area contributed by atoms with Crippen LogP contribution in [0.2, 0.25) is 0 Å². The van der Waals surface area contributed by atoms with Crippen molar-refractivity contribution in [3.8, 4) is 5.75 Å². The highest BCUT2D eigenvalue weighted by molar-refractivity contribution is 5.58. The molecule has 0 amide bonds. The molecule has 1 aliphatic carbocycles. The van der Waals surface area contributed by atoms with Crippen molar-refractivity contribution in [2.75, 3.05) is 26.5 Å². The van der Waals surface area contributed by atoms with Crippen LogP contribution in [0.3, 0.4) is 0 Å². The van der Waals surface area contributed by atoms with Gasteiger partial charge in [0.2, 0.25) is 0 Å². The lowest BCUT2D eigenvalue weighted by molar-refractivity contribution is 0.280. The molecule has 3 heteroatoms. The molecule has 1 aromatic carbocycles. The highest BCUT2D eigenvalue weighted by Crippen LogP contribution is 2.34. The number of nitrogens with zero attached hydrogens (tertiary/aromatic N) is 1. The van der Waals surface area contributed by atoms with E-state index in [1.165, 1.54) is 24.8 Å². The summed E-state index contributed by atoms with van der Waals surface area (Å²) < 4.78 is 5.53. The molecule has 0 aliphatic heterocycles. The number of anilines is 1. The van der Waals surface area contributed by atoms with Crippen LogP contribution in [-0.4, -0.2) is 32.1 Å². The van der Waals surface area contributed by atoms with Crippen molar-refractivity contribution < 1.29 is 4.74 Å². The molecule has 2 rings (SSSR count). The molecule has 1 saturated carbocycles. The Hall–Kier alpha value is -1.22. The molecular weight excluding hydrogens is 260 g/mol. The van der Waals surface area contributed by atoms with Gasteiger partial charge in [0.25, 0.3) is 0 Å². The Bertz CT molecular complexity index is 459. The largest absolute Gasteiger partial charge is 0.495 e. The molecular formula is C18H30N2O. The lowest BCUT2D eigenvalue weighted by atomic mass is 9.80. The number of ether oxygens (including phenoxy) is 1. The van der Waals surface area contributed by atoms with Crippen LogP contribution in [0, 0.1) is 11.8 Å². The Morgan fingerprint density at radius 1 is 1.24 bits per heavy atom. The topological polar surface area (TPSA) is 24.5 Å². The van der Waals surface area contributed by atoms with Gasteiger partial charge in [-0.15, -0.1) is 0 Å². The van der Waals surface area contributed by atoms with Gasteiger partial charge in [-0.2, -0.15) is 0 Å². The maximum absolute atomic E-state index is 5.53. The van der Waals surface area contributed by atoms with Crippen LogP contribution in [-0.2, 0) is 6.54 Å². The van der Waals surface area contributed by atoms with Gasteiger partial charge in [0.1, 0.15) is 5.75 Å². The SMILES string of the molecule is COc1ccc(CN(C)C)cc1NC1CC(C)CCC1C. The monoisotopic (exact) mass is 290 g/mol. The summed E-state index contributed by atoms with van der Waals surface area (Å²) in [5.41, 5.74) is 2.46. The Balaban J connectivity index is 2.16. The summed E-state index contributed by atoms with van der Waals surface area (Å²) in [6, 6.07) is 7.03. The number of methoxy groups -OCH3 is 1. The van der Waals surface area contributed by atoms with Crippen molar-refractivity contribution in [2.24, 2.45) is 11.8 Å². The van der Waals surface area contributed by atoms with E-state index in [0.717, 1.165) is 29.8 Å². The second-order valence-electron chi connectivity index (χ2n) is 6.92. The Morgan fingerprint density at radius 2 is 2.00 bits per heavy atom. The fourth-order valence-corrected chi connectivity index (χ4v) is 3.26. The molecule has 0 radical (unpaired) electrons. The van der Waals surface area contributed by atoms with Gasteiger partial charge in [-0.05, 0) is 56.5 Å². The molecule has 3 nitrogen and oxygen atoms in total. The number of hydrogen-bond donors (Lipinski definition) is 1. The van der Waals surface area contributed by atoms with E-state index in [0.29, 0.717) is 6.04 Å². The van der Waals surface area contributed by atoms with Gasteiger partial charge in [-0.1, -0.05) is 26.3 Å². The molecule has 0 spiro atoms. The third-order valence-electron chi connectivity index (χ3n) is 4.56. The first-order chi connectivity index (χ1) is 9.99. The maximum Gasteiger partial charge on any atom is 0.141 e. The average Bonchev–Trinajstić information content (AvgIpc) is 2.42. The minimum absolute atomic E-state index is 0.553. The molecule has 1 aromatic rings. The molecule has 0 heterocycles. The van der Waals surface area contributed by atoms with Crippen molar-refractivity contribution in [1.29, 1.82) is 0 Å². The summed E-state index contributed by atoms with van der Waals surface area (Å²) in [6.07, 6.45) is 3.93. The predicted molar refractivity (Wildman–Crippen MR) is 90.0 cm³/mol. The summed E-state index contributed by atoms with van der Waals surface area (Å²) in [5, 5.41) is 3.75. The molecule has 0 aromatic heterocycles. The second-order valence-corrected chi connectivity index (χ2v) is 6.92. The van der Waals surface area contributed by atoms with Crippen LogP contribution in [0.5, 0.6) is 5.75 Å². The number of rotatable bonds is 5. The zero-order chi connectivity index (χ0) is 15.4. The molecule has 1 N–H and O–H groups in total. The van der Waals surface area contributed by atoms with Gasteiger partial charge in [0.05, 0.1) is 12.8 Å². The van der Waals surface area contributed by atoms with Gasteiger partial charge in [-0.25, -0.2) is 0 Å². The first-order valence-electron chi connectivity index (χ1n) is 8.07. The Morgan fingerprint density at radius 3 is 2.67 bits per heavy atom. The summed E-state index contributed by atoms with van der Waals surface area (Å²) in [7, 11) is 5.95. The van der Waals surface area contributed by atoms with Crippen LogP contribution in [0.1, 0.15) is 38.7 Å². The highest BCUT2D eigenvalue weighted by atomic mass is 16.5. The van der Waals surface area contributed by atoms with Crippen LogP contribution in [0.15, 0.2) is 18.2 Å². The molecule has 0 bridgehead atoms. The molecule has 3 unspecified atom stereocenters. The van der Waals surface area contributed by atoms with E-state index in [1.54, 1.807) is 7.11 Å². The molecule has 1 fully saturated rings. The fraction of sp³-hybridized carbons (Fsp3) is 0.667. The third-order valence-corrected chi connectivity index (χ3v) is 4.56. The number of benzene rings is 1. The van der Waals surface area contributed by atoms with E-state index >= 15 is 0 Å². The summed E-state index contributed by atoms with van der Waals surface area (Å²) in [6.45, 7) is 5.68. The quantitative estimate of drug-likeness (QED) is 0.887. The number of nitrogens with one attached hydrogen (secondary N) is 1. The number of hydrogen-bond acceptors (Lipinski definition) is 3. The summed E-state index contributed by atoms with van der Waals surface area (Å²) >= 11 is 0. The fourth-order valence-electron chi connectivity index (χ4n) is 3.26. The van der Waals surface area contributed by atoms with Crippen molar-refractivity contribution in [1.82, 2.24) is 4.90 Å². The predicted octanol–water partition coefficient (Wildman–Crippen LogP) is 3.99. The Labute approximate surface area is 129 Å². The molecule has 118 valence electrons. The van der Waals surface area contributed by atoms with Gasteiger partial charge >= 0.3 is 0 Å². The van der Waals surface area contributed by atoms with Crippen molar-refractivity contribution in [2.45, 2.75) is 45.7 Å². The minimum Gasteiger partial charge on any atom is -0.495 e. The van der Waals surface area contributed by atoms with Crippen LogP contribution in [0.4, 0.5) is 5.69 Å². The van der Waals surface area contributed by atoms with Gasteiger partial charge < -0.3 is 15.0 Å². The minimum atomic E-state index is 0.553. The van der Waals surface area contributed by atoms with Crippen molar-refractivity contribution >= 4 is 5.69 Å². The first kappa shape index (κ1) is 16.2. The van der Waals surface area contributed by atoms with Gasteiger partial charge in [0, 0.05) is 12.6 Å². The van der Waals surface area contributed by atoms with E-state index in [-0.39, 0.29) is 0 Å². The zero-order valence-electron chi connectivity index (χ0n) is 14.1. The average molecular weight is 290 g/mol. The van der Waals surface area contributed by atoms with Gasteiger partial charge in [-0.3, -0.25) is 0 Å². The van der Waals surface area contributed by atoms with Crippen LogP contribution >= 0.6 is 0 Å². The van der Waals surface area contributed by atoms with Crippen molar-refractivity contribution in [3.63, 3.8) is 0 Å². The highest BCUT2D eigenvalue weighted by Gasteiger charge is 2.26. The Kier molecular flexibility index (Phi) is 5.51. The lowest BCUT2D eigenvalue weighted by Gasteiger charge is -2.34.